The van der Waals surface area contributed by atoms with Crippen molar-refractivity contribution in [2.75, 3.05) is 12.0 Å². The van der Waals surface area contributed by atoms with E-state index in [-0.39, 0.29) is 10.6 Å². The second kappa shape index (κ2) is 7.01. The molecule has 0 aromatic heterocycles. The number of rotatable bonds is 4. The number of non-ortho nitro benzene ring substituents is 1. The van der Waals surface area contributed by atoms with Crippen LogP contribution in [0.15, 0.2) is 53.4 Å². The highest BCUT2D eigenvalue weighted by Crippen LogP contribution is 2.41. The van der Waals surface area contributed by atoms with Crippen molar-refractivity contribution in [3.63, 3.8) is 0 Å². The third-order valence-corrected chi connectivity index (χ3v) is 4.99. The van der Waals surface area contributed by atoms with Gasteiger partial charge in [-0.15, -0.1) is 0 Å². The lowest BCUT2D eigenvalue weighted by atomic mass is 10.1. The van der Waals surface area contributed by atoms with Crippen LogP contribution in [0, 0.1) is 10.1 Å². The number of hydrogen-bond donors (Lipinski definition) is 0. The van der Waals surface area contributed by atoms with Gasteiger partial charge in [0, 0.05) is 12.1 Å². The second-order valence-corrected chi connectivity index (χ2v) is 6.40. The van der Waals surface area contributed by atoms with Crippen LogP contribution in [0.5, 0.6) is 5.75 Å². The second-order valence-electron chi connectivity index (χ2n) is 5.44. The zero-order valence-electron chi connectivity index (χ0n) is 14.0. The highest BCUT2D eigenvalue weighted by Gasteiger charge is 2.39. The Morgan fingerprint density at radius 1 is 1.12 bits per heavy atom. The maximum Gasteiger partial charge on any atom is 0.298 e. The number of nitro benzene ring substituents is 1. The Hall–Kier alpha value is -3.13. The van der Waals surface area contributed by atoms with E-state index < -0.39 is 16.1 Å². The molecule has 1 heterocycles. The summed E-state index contributed by atoms with van der Waals surface area (Å²) in [4.78, 5) is 36.9. The van der Waals surface area contributed by atoms with E-state index in [1.807, 2.05) is 0 Å². The monoisotopic (exact) mass is 370 g/mol. The van der Waals surface area contributed by atoms with Gasteiger partial charge in [-0.3, -0.25) is 19.7 Å². The van der Waals surface area contributed by atoms with Crippen molar-refractivity contribution in [2.45, 2.75) is 6.92 Å². The molecule has 1 aliphatic rings. The smallest absolute Gasteiger partial charge is 0.298 e. The van der Waals surface area contributed by atoms with Crippen LogP contribution in [0.1, 0.15) is 12.5 Å². The van der Waals surface area contributed by atoms with E-state index in [2.05, 4.69) is 0 Å². The number of allylic oxidation sites excluding steroid dienone is 1. The Morgan fingerprint density at radius 3 is 2.38 bits per heavy atom. The minimum absolute atomic E-state index is 0.0383. The van der Waals surface area contributed by atoms with Gasteiger partial charge in [-0.1, -0.05) is 12.1 Å². The minimum atomic E-state index is -0.491. The summed E-state index contributed by atoms with van der Waals surface area (Å²) < 4.78 is 5.24. The molecule has 2 amide bonds. The number of carbonyl (C=O) groups excluding carboxylic acids is 2. The number of para-hydroxylation sites is 2. The van der Waals surface area contributed by atoms with Crippen LogP contribution in [0.3, 0.4) is 0 Å². The summed E-state index contributed by atoms with van der Waals surface area (Å²) in [6, 6.07) is 12.6. The first kappa shape index (κ1) is 17.7. The molecule has 132 valence electrons. The predicted molar refractivity (Wildman–Crippen MR) is 99.2 cm³/mol. The molecule has 2 aromatic rings. The van der Waals surface area contributed by atoms with Crippen LogP contribution >= 0.6 is 11.8 Å². The van der Waals surface area contributed by atoms with E-state index in [1.54, 1.807) is 43.3 Å². The molecule has 1 fully saturated rings. The summed E-state index contributed by atoms with van der Waals surface area (Å²) in [6.07, 6.45) is 0. The lowest BCUT2D eigenvalue weighted by Crippen LogP contribution is -2.28. The van der Waals surface area contributed by atoms with Crippen molar-refractivity contribution in [1.82, 2.24) is 0 Å². The standard InChI is InChI=1S/C18H14N2O5S/c1-11(12-7-9-13(10-8-12)20(23)24)16-17(21)19(18(22)26-16)14-5-3-4-6-15(14)25-2/h3-10H,1-2H3/b16-11-. The molecule has 0 aliphatic carbocycles. The normalized spacial score (nSPS) is 16.0. The largest absolute Gasteiger partial charge is 0.495 e. The van der Waals surface area contributed by atoms with Crippen LogP contribution in [0.25, 0.3) is 5.57 Å². The van der Waals surface area contributed by atoms with Crippen LogP contribution in [-0.4, -0.2) is 23.2 Å². The number of benzene rings is 2. The van der Waals surface area contributed by atoms with E-state index >= 15 is 0 Å². The van der Waals surface area contributed by atoms with Crippen LogP contribution < -0.4 is 9.64 Å². The predicted octanol–water partition coefficient (Wildman–Crippen LogP) is 4.23. The van der Waals surface area contributed by atoms with Gasteiger partial charge in [0.15, 0.2) is 0 Å². The number of methoxy groups -OCH3 is 1. The van der Waals surface area contributed by atoms with E-state index in [0.717, 1.165) is 16.7 Å². The fraction of sp³-hybridized carbons (Fsp3) is 0.111. The number of carbonyl (C=O) groups is 2. The Morgan fingerprint density at radius 2 is 1.77 bits per heavy atom. The summed E-state index contributed by atoms with van der Waals surface area (Å²) in [7, 11) is 1.47. The van der Waals surface area contributed by atoms with E-state index in [1.165, 1.54) is 19.2 Å². The number of nitro groups is 1. The molecule has 3 rings (SSSR count). The number of nitrogens with zero attached hydrogens (tertiary/aromatic N) is 2. The Bertz CT molecular complexity index is 937. The third-order valence-electron chi connectivity index (χ3n) is 3.95. The van der Waals surface area contributed by atoms with E-state index in [9.17, 15) is 19.7 Å². The van der Waals surface area contributed by atoms with Crippen LogP contribution in [0.4, 0.5) is 16.2 Å². The highest BCUT2D eigenvalue weighted by atomic mass is 32.2. The highest BCUT2D eigenvalue weighted by molar-refractivity contribution is 8.19. The van der Waals surface area contributed by atoms with Gasteiger partial charge in [-0.25, -0.2) is 4.90 Å². The van der Waals surface area contributed by atoms with Gasteiger partial charge in [-0.05, 0) is 54.1 Å². The molecular formula is C18H14N2O5S. The molecule has 8 heteroatoms. The first-order valence-corrected chi connectivity index (χ1v) is 8.40. The first-order chi connectivity index (χ1) is 12.4. The first-order valence-electron chi connectivity index (χ1n) is 7.59. The number of amides is 2. The number of thioether (sulfide) groups is 1. The van der Waals surface area contributed by atoms with Gasteiger partial charge in [0.05, 0.1) is 22.6 Å². The van der Waals surface area contributed by atoms with Crippen molar-refractivity contribution in [3.05, 3.63) is 69.1 Å². The lowest BCUT2D eigenvalue weighted by molar-refractivity contribution is -0.384. The zero-order valence-corrected chi connectivity index (χ0v) is 14.8. The number of anilines is 1. The minimum Gasteiger partial charge on any atom is -0.495 e. The third kappa shape index (κ3) is 3.06. The SMILES string of the molecule is COc1ccccc1N1C(=O)S/C(=C(/C)c2ccc([N+](=O)[O-])cc2)C1=O. The van der Waals surface area contributed by atoms with Gasteiger partial charge in [-0.2, -0.15) is 0 Å². The molecule has 0 N–H and O–H groups in total. The molecule has 0 bridgehead atoms. The molecular weight excluding hydrogens is 356 g/mol. The van der Waals surface area contributed by atoms with Crippen LogP contribution in [0.2, 0.25) is 0 Å². The van der Waals surface area contributed by atoms with Crippen molar-refractivity contribution in [2.24, 2.45) is 0 Å². The summed E-state index contributed by atoms with van der Waals surface area (Å²) in [5.74, 6) is -0.0237. The van der Waals surface area contributed by atoms with Crippen molar-refractivity contribution >= 4 is 39.9 Å². The molecule has 0 radical (unpaired) electrons. The van der Waals surface area contributed by atoms with E-state index in [4.69, 9.17) is 4.74 Å². The van der Waals surface area contributed by atoms with Gasteiger partial charge >= 0.3 is 0 Å². The molecule has 0 unspecified atom stereocenters. The summed E-state index contributed by atoms with van der Waals surface area (Å²) in [5, 5.41) is 10.3. The maximum absolute atomic E-state index is 12.8. The summed E-state index contributed by atoms with van der Waals surface area (Å²) in [5.41, 5.74) is 1.56. The van der Waals surface area contributed by atoms with Crippen molar-refractivity contribution in [1.29, 1.82) is 0 Å². The lowest BCUT2D eigenvalue weighted by Gasteiger charge is -2.16. The van der Waals surface area contributed by atoms with Crippen LogP contribution in [-0.2, 0) is 4.79 Å². The van der Waals surface area contributed by atoms with Gasteiger partial charge in [0.25, 0.3) is 16.8 Å². The summed E-state index contributed by atoms with van der Waals surface area (Å²) >= 11 is 0.837. The summed E-state index contributed by atoms with van der Waals surface area (Å²) in [6.45, 7) is 1.71. The molecule has 0 spiro atoms. The van der Waals surface area contributed by atoms with Crippen molar-refractivity contribution < 1.29 is 19.2 Å². The molecule has 7 nitrogen and oxygen atoms in total. The Kier molecular flexibility index (Phi) is 4.77. The van der Waals surface area contributed by atoms with Gasteiger partial charge in [0.2, 0.25) is 0 Å². The average Bonchev–Trinajstić information content (AvgIpc) is 2.95. The topological polar surface area (TPSA) is 89.8 Å². The molecule has 0 saturated carbocycles. The van der Waals surface area contributed by atoms with E-state index in [0.29, 0.717) is 22.6 Å². The molecule has 2 aromatic carbocycles. The van der Waals surface area contributed by atoms with Gasteiger partial charge < -0.3 is 4.74 Å². The number of hydrogen-bond acceptors (Lipinski definition) is 6. The number of ether oxygens (including phenoxy) is 1. The quantitative estimate of drug-likeness (QED) is 0.454. The maximum atomic E-state index is 12.8. The Labute approximate surface area is 153 Å². The zero-order chi connectivity index (χ0) is 18.8. The molecule has 1 saturated heterocycles. The molecule has 26 heavy (non-hydrogen) atoms. The number of imide groups is 1. The fourth-order valence-electron chi connectivity index (χ4n) is 2.58. The van der Waals surface area contributed by atoms with Gasteiger partial charge in [0.1, 0.15) is 5.75 Å². The molecule has 0 atom stereocenters. The average molecular weight is 370 g/mol. The molecule has 1 aliphatic heterocycles. The van der Waals surface area contributed by atoms with Crippen molar-refractivity contribution in [3.8, 4) is 5.75 Å². The Balaban J connectivity index is 1.99. The fourth-order valence-corrected chi connectivity index (χ4v) is 3.48.